The van der Waals surface area contributed by atoms with Crippen LogP contribution in [0.4, 0.5) is 5.69 Å². The van der Waals surface area contributed by atoms with Gasteiger partial charge in [-0.3, -0.25) is 14.4 Å². The maximum absolute atomic E-state index is 13.6. The Labute approximate surface area is 204 Å². The summed E-state index contributed by atoms with van der Waals surface area (Å²) in [5.41, 5.74) is 3.29. The summed E-state index contributed by atoms with van der Waals surface area (Å²) in [6, 6.07) is 21.6. The van der Waals surface area contributed by atoms with Gasteiger partial charge in [0.2, 0.25) is 5.91 Å². The summed E-state index contributed by atoms with van der Waals surface area (Å²) in [6.45, 7) is 1.16. The highest BCUT2D eigenvalue weighted by molar-refractivity contribution is 6.11. The average molecular weight is 470 g/mol. The van der Waals surface area contributed by atoms with E-state index in [1.54, 1.807) is 35.1 Å². The van der Waals surface area contributed by atoms with Crippen LogP contribution in [-0.4, -0.2) is 42.3 Å². The van der Waals surface area contributed by atoms with E-state index < -0.39 is 6.04 Å². The lowest BCUT2D eigenvalue weighted by Gasteiger charge is -2.26. The Morgan fingerprint density at radius 3 is 2.54 bits per heavy atom. The van der Waals surface area contributed by atoms with Crippen molar-refractivity contribution in [3.63, 3.8) is 0 Å². The lowest BCUT2D eigenvalue weighted by atomic mass is 10.0. The molecule has 0 radical (unpaired) electrons. The number of hydrogen-bond acceptors (Lipinski definition) is 4. The van der Waals surface area contributed by atoms with Crippen LogP contribution < -0.4 is 15.0 Å². The topological polar surface area (TPSA) is 79.0 Å². The summed E-state index contributed by atoms with van der Waals surface area (Å²) in [4.78, 5) is 43.3. The van der Waals surface area contributed by atoms with Crippen molar-refractivity contribution >= 4 is 23.4 Å². The van der Waals surface area contributed by atoms with Gasteiger partial charge in [0.1, 0.15) is 11.8 Å². The van der Waals surface area contributed by atoms with E-state index in [9.17, 15) is 14.4 Å². The summed E-state index contributed by atoms with van der Waals surface area (Å²) < 4.78 is 5.18. The fraction of sp³-hybridized carbons (Fsp3) is 0.250. The van der Waals surface area contributed by atoms with Crippen LogP contribution in [0.25, 0.3) is 0 Å². The van der Waals surface area contributed by atoms with E-state index in [1.807, 2.05) is 54.6 Å². The molecule has 1 N–H and O–H groups in total. The molecular formula is C28H27N3O4. The normalized spacial score (nSPS) is 17.0. The first-order valence-corrected chi connectivity index (χ1v) is 11.8. The number of para-hydroxylation sites is 1. The van der Waals surface area contributed by atoms with Crippen molar-refractivity contribution < 1.29 is 19.1 Å². The van der Waals surface area contributed by atoms with Crippen molar-refractivity contribution in [3.05, 3.63) is 95.1 Å². The Balaban J connectivity index is 1.41. The van der Waals surface area contributed by atoms with Crippen molar-refractivity contribution in [1.82, 2.24) is 10.2 Å². The van der Waals surface area contributed by atoms with Crippen LogP contribution in [0, 0.1) is 0 Å². The maximum atomic E-state index is 13.6. The van der Waals surface area contributed by atoms with Gasteiger partial charge >= 0.3 is 0 Å². The Kier molecular flexibility index (Phi) is 6.23. The van der Waals surface area contributed by atoms with Crippen LogP contribution in [0.15, 0.2) is 72.8 Å². The molecule has 7 heteroatoms. The first kappa shape index (κ1) is 22.7. The van der Waals surface area contributed by atoms with Gasteiger partial charge in [0.25, 0.3) is 11.8 Å². The van der Waals surface area contributed by atoms with Crippen molar-refractivity contribution in [1.29, 1.82) is 0 Å². The van der Waals surface area contributed by atoms with Gasteiger partial charge in [0, 0.05) is 18.7 Å². The van der Waals surface area contributed by atoms with Crippen molar-refractivity contribution in [2.75, 3.05) is 18.6 Å². The second kappa shape index (κ2) is 9.62. The molecular weight excluding hydrogens is 442 g/mol. The second-order valence-electron chi connectivity index (χ2n) is 8.79. The zero-order valence-electron chi connectivity index (χ0n) is 19.6. The molecule has 0 spiro atoms. The second-order valence-corrected chi connectivity index (χ2v) is 8.79. The predicted molar refractivity (Wildman–Crippen MR) is 132 cm³/mol. The number of fused-ring (bicyclic) bond motifs is 2. The van der Waals surface area contributed by atoms with Crippen LogP contribution in [0.1, 0.15) is 44.7 Å². The Morgan fingerprint density at radius 1 is 1.00 bits per heavy atom. The summed E-state index contributed by atoms with van der Waals surface area (Å²) in [7, 11) is 1.61. The monoisotopic (exact) mass is 469 g/mol. The number of carbonyl (C=O) groups is 3. The molecule has 2 heterocycles. The molecule has 0 saturated carbocycles. The highest BCUT2D eigenvalue weighted by atomic mass is 16.5. The molecule has 5 rings (SSSR count). The lowest BCUT2D eigenvalue weighted by Crippen LogP contribution is -2.44. The molecule has 0 aromatic heterocycles. The van der Waals surface area contributed by atoms with Crippen LogP contribution in [0.5, 0.6) is 5.75 Å². The predicted octanol–water partition coefficient (Wildman–Crippen LogP) is 3.78. The molecule has 1 saturated heterocycles. The van der Waals surface area contributed by atoms with Gasteiger partial charge in [0.05, 0.1) is 24.9 Å². The van der Waals surface area contributed by atoms with E-state index in [2.05, 4.69) is 5.32 Å². The van der Waals surface area contributed by atoms with Crippen molar-refractivity contribution in [3.8, 4) is 5.75 Å². The number of nitrogens with one attached hydrogen (secondary N) is 1. The minimum Gasteiger partial charge on any atom is -0.497 e. The quantitative estimate of drug-likeness (QED) is 0.596. The van der Waals surface area contributed by atoms with E-state index in [-0.39, 0.29) is 24.3 Å². The van der Waals surface area contributed by atoms with Gasteiger partial charge in [-0.15, -0.1) is 0 Å². The first-order chi connectivity index (χ1) is 17.1. The minimum atomic E-state index is -0.467. The molecule has 0 aliphatic carbocycles. The van der Waals surface area contributed by atoms with Crippen LogP contribution >= 0.6 is 0 Å². The molecule has 1 fully saturated rings. The number of methoxy groups -OCH3 is 1. The summed E-state index contributed by atoms with van der Waals surface area (Å²) >= 11 is 0. The van der Waals surface area contributed by atoms with Gasteiger partial charge in [-0.05, 0) is 54.3 Å². The zero-order valence-corrected chi connectivity index (χ0v) is 19.6. The maximum Gasteiger partial charge on any atom is 0.256 e. The van der Waals surface area contributed by atoms with Crippen molar-refractivity contribution in [2.24, 2.45) is 0 Å². The van der Waals surface area contributed by atoms with Gasteiger partial charge in [-0.2, -0.15) is 0 Å². The number of ether oxygens (including phenoxy) is 1. The van der Waals surface area contributed by atoms with E-state index in [1.165, 1.54) is 0 Å². The van der Waals surface area contributed by atoms with Gasteiger partial charge in [-0.25, -0.2) is 0 Å². The highest BCUT2D eigenvalue weighted by Crippen LogP contribution is 2.33. The Morgan fingerprint density at radius 2 is 1.74 bits per heavy atom. The van der Waals surface area contributed by atoms with Gasteiger partial charge in [-0.1, -0.05) is 42.5 Å². The molecule has 2 aliphatic heterocycles. The van der Waals surface area contributed by atoms with Crippen molar-refractivity contribution in [2.45, 2.75) is 32.0 Å². The number of anilines is 1. The lowest BCUT2D eigenvalue weighted by molar-refractivity contribution is -0.122. The molecule has 1 atom stereocenters. The van der Waals surface area contributed by atoms with Crippen LogP contribution in [0.3, 0.4) is 0 Å². The Bertz CT molecular complexity index is 1270. The van der Waals surface area contributed by atoms with Crippen LogP contribution in [-0.2, 0) is 17.9 Å². The standard InChI is InChI=1S/C28H27N3O4/c1-35-21-14-12-19(13-15-21)17-29-26(32)22-8-3-2-7-20(22)18-31-24-10-5-4-9-23(24)27(33)30-16-6-11-25(30)28(31)34/h2-5,7-10,12-15,25H,6,11,16-18H2,1H3,(H,29,32)/t25-/m1/s1. The molecule has 7 nitrogen and oxygen atoms in total. The number of nitrogens with zero attached hydrogens (tertiary/aromatic N) is 2. The number of rotatable bonds is 6. The fourth-order valence-corrected chi connectivity index (χ4v) is 4.84. The molecule has 0 unspecified atom stereocenters. The minimum absolute atomic E-state index is 0.103. The number of benzene rings is 3. The van der Waals surface area contributed by atoms with Crippen LogP contribution in [0.2, 0.25) is 0 Å². The molecule has 3 aromatic carbocycles. The van der Waals surface area contributed by atoms with E-state index >= 15 is 0 Å². The summed E-state index contributed by atoms with van der Waals surface area (Å²) in [5.74, 6) is 0.330. The summed E-state index contributed by atoms with van der Waals surface area (Å²) in [6.07, 6.45) is 1.46. The third-order valence-corrected chi connectivity index (χ3v) is 6.69. The SMILES string of the molecule is COc1ccc(CNC(=O)c2ccccc2CN2C(=O)[C@H]3CCCN3C(=O)c3ccccc32)cc1. The highest BCUT2D eigenvalue weighted by Gasteiger charge is 2.42. The summed E-state index contributed by atoms with van der Waals surface area (Å²) in [5, 5.41) is 2.97. The molecule has 178 valence electrons. The van der Waals surface area contributed by atoms with E-state index in [0.717, 1.165) is 23.3 Å². The average Bonchev–Trinajstić information content (AvgIpc) is 3.38. The smallest absolute Gasteiger partial charge is 0.256 e. The number of hydrogen-bond donors (Lipinski definition) is 1. The number of carbonyl (C=O) groups excluding carboxylic acids is 3. The largest absolute Gasteiger partial charge is 0.497 e. The zero-order chi connectivity index (χ0) is 24.4. The van der Waals surface area contributed by atoms with Gasteiger partial charge in [0.15, 0.2) is 0 Å². The van der Waals surface area contributed by atoms with E-state index in [0.29, 0.717) is 36.3 Å². The molecule has 3 aromatic rings. The number of amides is 3. The van der Waals surface area contributed by atoms with E-state index in [4.69, 9.17) is 4.74 Å². The molecule has 35 heavy (non-hydrogen) atoms. The fourth-order valence-electron chi connectivity index (χ4n) is 4.84. The molecule has 3 amide bonds. The van der Waals surface area contributed by atoms with Gasteiger partial charge < -0.3 is 19.9 Å². The molecule has 0 bridgehead atoms. The third-order valence-electron chi connectivity index (χ3n) is 6.69. The first-order valence-electron chi connectivity index (χ1n) is 11.8. The molecule has 2 aliphatic rings. The third kappa shape index (κ3) is 4.37. The Hall–Kier alpha value is -4.13.